The van der Waals surface area contributed by atoms with Crippen molar-refractivity contribution in [2.24, 2.45) is 17.4 Å². The lowest BCUT2D eigenvalue weighted by Crippen LogP contribution is -2.65. The van der Waals surface area contributed by atoms with E-state index in [2.05, 4.69) is 34.1 Å². The van der Waals surface area contributed by atoms with E-state index in [0.29, 0.717) is 24.0 Å². The first-order chi connectivity index (χ1) is 22.3. The van der Waals surface area contributed by atoms with Gasteiger partial charge in [0, 0.05) is 55.1 Å². The largest absolute Gasteiger partial charge is 0.481 e. The Morgan fingerprint density at radius 2 is 1.87 bits per heavy atom. The van der Waals surface area contributed by atoms with Gasteiger partial charge in [0.2, 0.25) is 0 Å². The number of esters is 2. The van der Waals surface area contributed by atoms with Crippen LogP contribution in [0.25, 0.3) is 0 Å². The second-order valence-corrected chi connectivity index (χ2v) is 13.0. The van der Waals surface area contributed by atoms with Crippen LogP contribution in [-0.2, 0) is 42.2 Å². The van der Waals surface area contributed by atoms with Crippen molar-refractivity contribution in [3.8, 4) is 11.5 Å². The molecule has 1 fully saturated rings. The summed E-state index contributed by atoms with van der Waals surface area (Å²) in [6.07, 6.45) is 11.1. The SMILES string of the molecule is CC(=O)Oc1ccc2c3c1O[C@H]1[C@@H](OC(C)=O)C=C[C@H]4[C@@H](C2)N(C)CC[C@@]341.CSCCC(N)C(=O)O.N[C@@H](Cc1cnc[nH]1)C(=O)O. The number of rotatable bonds is 9. The quantitative estimate of drug-likeness (QED) is 0.145. The number of aliphatic carboxylic acids is 2. The number of carboxylic acid groups (broad SMARTS) is 2. The summed E-state index contributed by atoms with van der Waals surface area (Å²) in [6.45, 7) is 3.77. The first-order valence-electron chi connectivity index (χ1n) is 15.3. The van der Waals surface area contributed by atoms with E-state index in [1.807, 2.05) is 18.4 Å². The third-order valence-electron chi connectivity index (χ3n) is 8.93. The van der Waals surface area contributed by atoms with Gasteiger partial charge >= 0.3 is 23.9 Å². The summed E-state index contributed by atoms with van der Waals surface area (Å²) in [5.41, 5.74) is 13.3. The lowest BCUT2D eigenvalue weighted by molar-refractivity contribution is -0.152. The number of H-pyrrole nitrogens is 1. The first kappa shape index (κ1) is 35.9. The Balaban J connectivity index is 0.000000207. The van der Waals surface area contributed by atoms with E-state index in [4.69, 9.17) is 35.9 Å². The highest BCUT2D eigenvalue weighted by Gasteiger charge is 2.65. The Labute approximate surface area is 277 Å². The fourth-order valence-electron chi connectivity index (χ4n) is 6.83. The minimum atomic E-state index is -1.00. The molecule has 256 valence electrons. The Bertz CT molecular complexity index is 1490. The summed E-state index contributed by atoms with van der Waals surface area (Å²) in [4.78, 5) is 52.5. The molecule has 1 spiro atoms. The van der Waals surface area contributed by atoms with Gasteiger partial charge in [0.15, 0.2) is 17.6 Å². The van der Waals surface area contributed by atoms with Gasteiger partial charge < -0.3 is 45.8 Å². The molecule has 3 heterocycles. The number of nitrogens with one attached hydrogen (secondary N) is 1. The molecule has 0 radical (unpaired) electrons. The lowest BCUT2D eigenvalue weighted by atomic mass is 9.53. The van der Waals surface area contributed by atoms with Crippen LogP contribution in [0.3, 0.4) is 0 Å². The second-order valence-electron chi connectivity index (χ2n) is 12.0. The molecule has 2 bridgehead atoms. The number of carbonyl (C=O) groups is 4. The number of likely N-dealkylation sites (tertiary alicyclic amines) is 1. The Morgan fingerprint density at radius 1 is 1.15 bits per heavy atom. The molecular weight excluding hydrogens is 630 g/mol. The fourth-order valence-corrected chi connectivity index (χ4v) is 7.32. The van der Waals surface area contributed by atoms with E-state index < -0.39 is 30.1 Å². The van der Waals surface area contributed by atoms with E-state index in [1.165, 1.54) is 25.7 Å². The van der Waals surface area contributed by atoms with Crippen LogP contribution in [0.1, 0.15) is 43.5 Å². The van der Waals surface area contributed by atoms with Crippen molar-refractivity contribution in [2.75, 3.05) is 25.6 Å². The van der Waals surface area contributed by atoms with Crippen LogP contribution in [0.4, 0.5) is 0 Å². The molecule has 15 heteroatoms. The zero-order valence-corrected chi connectivity index (χ0v) is 27.7. The summed E-state index contributed by atoms with van der Waals surface area (Å²) in [6, 6.07) is 2.74. The number of aromatic amines is 1. The van der Waals surface area contributed by atoms with Crippen molar-refractivity contribution < 1.29 is 43.6 Å². The second kappa shape index (κ2) is 15.3. The number of nitrogens with zero attached hydrogens (tertiary/aromatic N) is 2. The van der Waals surface area contributed by atoms with Gasteiger partial charge in [-0.15, -0.1) is 0 Å². The van der Waals surface area contributed by atoms with Crippen molar-refractivity contribution in [3.63, 3.8) is 0 Å². The van der Waals surface area contributed by atoms with Gasteiger partial charge in [-0.2, -0.15) is 11.8 Å². The minimum Gasteiger partial charge on any atom is -0.481 e. The molecular formula is C32H43N5O9S. The van der Waals surface area contributed by atoms with Gasteiger partial charge in [-0.05, 0) is 62.6 Å². The van der Waals surface area contributed by atoms with Crippen molar-refractivity contribution in [2.45, 2.75) is 75.3 Å². The number of hydrogen-bond donors (Lipinski definition) is 5. The summed E-state index contributed by atoms with van der Waals surface area (Å²) in [7, 11) is 2.17. The van der Waals surface area contributed by atoms with Crippen LogP contribution >= 0.6 is 11.8 Å². The van der Waals surface area contributed by atoms with Crippen LogP contribution in [0, 0.1) is 5.92 Å². The number of benzene rings is 1. The number of likely N-dealkylation sites (N-methyl/N-ethyl adjacent to an activating group) is 1. The van der Waals surface area contributed by atoms with E-state index >= 15 is 0 Å². The smallest absolute Gasteiger partial charge is 0.320 e. The van der Waals surface area contributed by atoms with E-state index in [9.17, 15) is 19.2 Å². The Kier molecular flexibility index (Phi) is 11.7. The van der Waals surface area contributed by atoms with Gasteiger partial charge in [-0.1, -0.05) is 12.1 Å². The molecule has 7 atom stereocenters. The molecule has 1 aromatic carbocycles. The van der Waals surface area contributed by atoms with Crippen molar-refractivity contribution >= 4 is 35.6 Å². The maximum Gasteiger partial charge on any atom is 0.320 e. The third-order valence-corrected chi connectivity index (χ3v) is 9.58. The van der Waals surface area contributed by atoms with Crippen molar-refractivity contribution in [1.29, 1.82) is 0 Å². The Morgan fingerprint density at radius 3 is 2.47 bits per heavy atom. The van der Waals surface area contributed by atoms with Gasteiger partial charge in [-0.3, -0.25) is 19.2 Å². The summed E-state index contributed by atoms with van der Waals surface area (Å²) in [5, 5.41) is 16.7. The highest BCUT2D eigenvalue weighted by Crippen LogP contribution is 2.62. The first-order valence-corrected chi connectivity index (χ1v) is 16.7. The molecule has 14 nitrogen and oxygen atoms in total. The third kappa shape index (κ3) is 7.80. The maximum atomic E-state index is 11.7. The lowest BCUT2D eigenvalue weighted by Gasteiger charge is -2.56. The molecule has 1 aromatic heterocycles. The monoisotopic (exact) mass is 673 g/mol. The summed E-state index contributed by atoms with van der Waals surface area (Å²) in [5.74, 6) is -0.388. The van der Waals surface area contributed by atoms with E-state index in [-0.39, 0.29) is 35.8 Å². The normalized spacial score (nSPS) is 25.7. The van der Waals surface area contributed by atoms with Gasteiger partial charge in [0.1, 0.15) is 18.2 Å². The summed E-state index contributed by atoms with van der Waals surface area (Å²) < 4.78 is 17.5. The van der Waals surface area contributed by atoms with Gasteiger partial charge in [0.05, 0.1) is 6.33 Å². The molecule has 4 aliphatic rings. The standard InChI is InChI=1S/C21H23NO5.C6H9N3O2.C5H11NO2S/c1-11(23)25-16-6-4-13-10-15-14-5-7-17(26-12(2)24)20-21(14,8-9-22(15)3)18(13)19(16)27-20;7-5(6(10)11)1-4-2-8-3-9-4;1-9-3-2-4(6)5(7)8/h4-7,14-15,17,20H,8-10H2,1-3H3;2-3,5H,1,7H2,(H,8,9)(H,10,11);4H,2-3,6H2,1H3,(H,7,8)/t14-,15+,17-,20-,21-;5-;/m00./s1. The number of nitrogens with two attached hydrogens (primary N) is 2. The number of carboxylic acids is 2. The van der Waals surface area contributed by atoms with E-state index in [1.54, 1.807) is 18.0 Å². The maximum absolute atomic E-state index is 11.7. The molecule has 1 saturated heterocycles. The zero-order valence-electron chi connectivity index (χ0n) is 26.9. The highest BCUT2D eigenvalue weighted by molar-refractivity contribution is 7.98. The number of hydrogen-bond acceptors (Lipinski definition) is 12. The topological polar surface area (TPSA) is 220 Å². The van der Waals surface area contributed by atoms with Crippen LogP contribution in [-0.4, -0.2) is 105 Å². The molecule has 2 aliphatic carbocycles. The molecule has 47 heavy (non-hydrogen) atoms. The average molecular weight is 674 g/mol. The van der Waals surface area contributed by atoms with Crippen LogP contribution in [0.5, 0.6) is 11.5 Å². The molecule has 2 aliphatic heterocycles. The number of ether oxygens (including phenoxy) is 3. The predicted molar refractivity (Wildman–Crippen MR) is 173 cm³/mol. The number of thioether (sulfide) groups is 1. The molecule has 1 unspecified atom stereocenters. The van der Waals surface area contributed by atoms with Gasteiger partial charge in [0.25, 0.3) is 0 Å². The molecule has 0 saturated carbocycles. The van der Waals surface area contributed by atoms with Crippen molar-refractivity contribution in [1.82, 2.24) is 14.9 Å². The number of carbonyl (C=O) groups excluding carboxylic acids is 2. The predicted octanol–water partition coefficient (Wildman–Crippen LogP) is 1.50. The van der Waals surface area contributed by atoms with E-state index in [0.717, 1.165) is 36.4 Å². The number of aromatic nitrogens is 2. The fraction of sp³-hybridized carbons (Fsp3) is 0.531. The molecule has 7 N–H and O–H groups in total. The van der Waals surface area contributed by atoms with Crippen LogP contribution in [0.15, 0.2) is 36.8 Å². The minimum absolute atomic E-state index is 0.245. The average Bonchev–Trinajstić information content (AvgIpc) is 3.65. The van der Waals surface area contributed by atoms with Crippen molar-refractivity contribution in [3.05, 3.63) is 53.6 Å². The summed E-state index contributed by atoms with van der Waals surface area (Å²) >= 11 is 1.60. The zero-order chi connectivity index (χ0) is 34.5. The molecule has 0 amide bonds. The molecule has 2 aromatic rings. The van der Waals surface area contributed by atoms with Gasteiger partial charge in [-0.25, -0.2) is 4.98 Å². The Hall–Kier alpha value is -3.92. The van der Waals surface area contributed by atoms with Crippen LogP contribution < -0.4 is 20.9 Å². The number of piperidine rings is 1. The van der Waals surface area contributed by atoms with Crippen LogP contribution in [0.2, 0.25) is 0 Å². The number of imidazole rings is 1. The highest BCUT2D eigenvalue weighted by atomic mass is 32.2. The molecule has 6 rings (SSSR count).